The van der Waals surface area contributed by atoms with Crippen molar-refractivity contribution in [2.45, 2.75) is 44.9 Å². The van der Waals surface area contributed by atoms with E-state index in [0.717, 1.165) is 10.0 Å². The van der Waals surface area contributed by atoms with Gasteiger partial charge in [0.1, 0.15) is 6.04 Å². The maximum absolute atomic E-state index is 12.2. The standard InChI is InChI=1S/C15H22BrNO3S/c1-5-20-14(18)13(17-21(19)15(2,3)4)10-11-6-8-12(16)9-7-11/h6-9,13,17H,5,10H2,1-4H3/t13?,21-/m0/s1. The van der Waals surface area contributed by atoms with E-state index in [2.05, 4.69) is 20.7 Å². The Morgan fingerprint density at radius 2 is 1.90 bits per heavy atom. The Hall–Kier alpha value is -0.720. The van der Waals surface area contributed by atoms with Gasteiger partial charge in [-0.25, -0.2) is 8.93 Å². The second-order valence-electron chi connectivity index (χ2n) is 5.63. The molecule has 21 heavy (non-hydrogen) atoms. The van der Waals surface area contributed by atoms with Crippen LogP contribution in [0.1, 0.15) is 33.3 Å². The van der Waals surface area contributed by atoms with Crippen molar-refractivity contribution < 1.29 is 13.7 Å². The van der Waals surface area contributed by atoms with Gasteiger partial charge in [-0.15, -0.1) is 0 Å². The first-order valence-corrected chi connectivity index (χ1v) is 8.77. The summed E-state index contributed by atoms with van der Waals surface area (Å²) in [6, 6.07) is 7.07. The first-order chi connectivity index (χ1) is 9.74. The summed E-state index contributed by atoms with van der Waals surface area (Å²) in [6.07, 6.45) is 0.438. The van der Waals surface area contributed by atoms with Crippen LogP contribution in [0.15, 0.2) is 28.7 Å². The molecule has 0 aliphatic heterocycles. The zero-order valence-corrected chi connectivity index (χ0v) is 15.2. The second kappa shape index (κ2) is 8.06. The van der Waals surface area contributed by atoms with E-state index in [1.54, 1.807) is 6.92 Å². The molecule has 118 valence electrons. The molecule has 6 heteroatoms. The molecule has 1 N–H and O–H groups in total. The number of hydrogen-bond donors (Lipinski definition) is 1. The minimum atomic E-state index is -1.33. The molecule has 1 aromatic carbocycles. The lowest BCUT2D eigenvalue weighted by molar-refractivity contribution is -0.145. The van der Waals surface area contributed by atoms with Crippen LogP contribution in [-0.4, -0.2) is 27.6 Å². The Morgan fingerprint density at radius 3 is 2.38 bits per heavy atom. The number of rotatable bonds is 6. The molecule has 1 rings (SSSR count). The summed E-state index contributed by atoms with van der Waals surface area (Å²) in [5.41, 5.74) is 0.981. The fourth-order valence-electron chi connectivity index (χ4n) is 1.58. The lowest BCUT2D eigenvalue weighted by Crippen LogP contribution is -2.45. The van der Waals surface area contributed by atoms with Gasteiger partial charge >= 0.3 is 5.97 Å². The Bertz CT molecular complexity index is 497. The number of ether oxygens (including phenoxy) is 1. The van der Waals surface area contributed by atoms with Crippen LogP contribution >= 0.6 is 15.9 Å². The smallest absolute Gasteiger partial charge is 0.324 e. The lowest BCUT2D eigenvalue weighted by atomic mass is 10.1. The Balaban J connectivity index is 2.84. The summed E-state index contributed by atoms with van der Waals surface area (Å²) in [7, 11) is -1.33. The van der Waals surface area contributed by atoms with E-state index in [1.807, 2.05) is 45.0 Å². The van der Waals surface area contributed by atoms with Gasteiger partial charge in [-0.1, -0.05) is 28.1 Å². The van der Waals surface area contributed by atoms with Gasteiger partial charge in [-0.3, -0.25) is 4.79 Å². The second-order valence-corrected chi connectivity index (χ2v) is 8.55. The van der Waals surface area contributed by atoms with E-state index in [4.69, 9.17) is 4.74 Å². The molecule has 0 aliphatic carbocycles. The van der Waals surface area contributed by atoms with Crippen LogP contribution in [0.3, 0.4) is 0 Å². The maximum atomic E-state index is 12.2. The molecule has 0 fully saturated rings. The van der Waals surface area contributed by atoms with Gasteiger partial charge in [-0.2, -0.15) is 0 Å². The van der Waals surface area contributed by atoms with Crippen molar-refractivity contribution >= 4 is 32.9 Å². The van der Waals surface area contributed by atoms with E-state index in [9.17, 15) is 9.00 Å². The number of hydrogen-bond acceptors (Lipinski definition) is 3. The fourth-order valence-corrected chi connectivity index (χ4v) is 2.63. The van der Waals surface area contributed by atoms with Gasteiger partial charge in [-0.05, 0) is 51.8 Å². The predicted octanol–water partition coefficient (Wildman–Crippen LogP) is 2.98. The highest BCUT2D eigenvalue weighted by Gasteiger charge is 2.27. The summed E-state index contributed by atoms with van der Waals surface area (Å²) in [6.45, 7) is 7.64. The SMILES string of the molecule is CCOC(=O)C(Cc1ccc(Br)cc1)N[S@@](=O)C(C)(C)C. The lowest BCUT2D eigenvalue weighted by Gasteiger charge is -2.23. The van der Waals surface area contributed by atoms with Crippen molar-refractivity contribution in [3.63, 3.8) is 0 Å². The number of carbonyl (C=O) groups excluding carboxylic acids is 1. The van der Waals surface area contributed by atoms with E-state index in [1.165, 1.54) is 0 Å². The predicted molar refractivity (Wildman–Crippen MR) is 89.3 cm³/mol. The maximum Gasteiger partial charge on any atom is 0.324 e. The van der Waals surface area contributed by atoms with Crippen molar-refractivity contribution in [3.05, 3.63) is 34.3 Å². The Morgan fingerprint density at radius 1 is 1.33 bits per heavy atom. The normalized spacial score (nSPS) is 14.5. The van der Waals surface area contributed by atoms with Crippen molar-refractivity contribution in [1.29, 1.82) is 0 Å². The average molecular weight is 376 g/mol. The summed E-state index contributed by atoms with van der Waals surface area (Å²) >= 11 is 3.38. The van der Waals surface area contributed by atoms with E-state index in [0.29, 0.717) is 13.0 Å². The van der Waals surface area contributed by atoms with Gasteiger partial charge in [0.15, 0.2) is 0 Å². The van der Waals surface area contributed by atoms with Gasteiger partial charge in [0.25, 0.3) is 0 Å². The molecule has 4 nitrogen and oxygen atoms in total. The van der Waals surface area contributed by atoms with Gasteiger partial charge in [0.05, 0.1) is 22.3 Å². The summed E-state index contributed by atoms with van der Waals surface area (Å²) in [5.74, 6) is -0.377. The van der Waals surface area contributed by atoms with Crippen molar-refractivity contribution in [1.82, 2.24) is 4.72 Å². The molecule has 1 aromatic rings. The zero-order valence-electron chi connectivity index (χ0n) is 12.8. The average Bonchev–Trinajstić information content (AvgIpc) is 2.39. The Kier molecular flexibility index (Phi) is 7.03. The van der Waals surface area contributed by atoms with E-state index in [-0.39, 0.29) is 5.97 Å². The van der Waals surface area contributed by atoms with Crippen LogP contribution in [0, 0.1) is 0 Å². The third kappa shape index (κ3) is 6.28. The van der Waals surface area contributed by atoms with Crippen LogP contribution in [0.25, 0.3) is 0 Å². The van der Waals surface area contributed by atoms with Crippen molar-refractivity contribution in [2.24, 2.45) is 0 Å². The monoisotopic (exact) mass is 375 g/mol. The van der Waals surface area contributed by atoms with Gasteiger partial charge in [0.2, 0.25) is 0 Å². The molecule has 0 aromatic heterocycles. The quantitative estimate of drug-likeness (QED) is 0.777. The number of carbonyl (C=O) groups is 1. The molecular weight excluding hydrogens is 354 g/mol. The molecule has 0 spiro atoms. The Labute approximate surface area is 137 Å². The third-order valence-electron chi connectivity index (χ3n) is 2.73. The number of benzene rings is 1. The van der Waals surface area contributed by atoms with Crippen LogP contribution < -0.4 is 4.72 Å². The van der Waals surface area contributed by atoms with Crippen molar-refractivity contribution in [2.75, 3.05) is 6.61 Å². The van der Waals surface area contributed by atoms with Crippen molar-refractivity contribution in [3.8, 4) is 0 Å². The molecule has 0 bridgehead atoms. The van der Waals surface area contributed by atoms with Crippen LogP contribution in [-0.2, 0) is 26.9 Å². The topological polar surface area (TPSA) is 55.4 Å². The van der Waals surface area contributed by atoms with Crippen LogP contribution in [0.2, 0.25) is 0 Å². The molecule has 0 saturated heterocycles. The minimum absolute atomic E-state index is 0.305. The van der Waals surface area contributed by atoms with Crippen LogP contribution in [0.4, 0.5) is 0 Å². The molecule has 0 aliphatic rings. The molecule has 1 unspecified atom stereocenters. The summed E-state index contributed by atoms with van der Waals surface area (Å²) in [5, 5.41) is 0. The third-order valence-corrected chi connectivity index (χ3v) is 4.87. The molecule has 2 atom stereocenters. The van der Waals surface area contributed by atoms with Gasteiger partial charge < -0.3 is 4.74 Å². The van der Waals surface area contributed by atoms with E-state index < -0.39 is 21.8 Å². The first kappa shape index (κ1) is 18.3. The largest absolute Gasteiger partial charge is 0.465 e. The molecule has 0 amide bonds. The molecule has 0 saturated carbocycles. The molecule has 0 heterocycles. The molecular formula is C15H22BrNO3S. The minimum Gasteiger partial charge on any atom is -0.465 e. The number of nitrogens with one attached hydrogen (secondary N) is 1. The number of halogens is 1. The fraction of sp³-hybridized carbons (Fsp3) is 0.533. The molecule has 0 radical (unpaired) electrons. The summed E-state index contributed by atoms with van der Waals surface area (Å²) in [4.78, 5) is 12.0. The zero-order chi connectivity index (χ0) is 16.0. The first-order valence-electron chi connectivity index (χ1n) is 6.83. The van der Waals surface area contributed by atoms with Gasteiger partial charge in [0, 0.05) is 4.47 Å². The highest BCUT2D eigenvalue weighted by Crippen LogP contribution is 2.14. The number of esters is 1. The van der Waals surface area contributed by atoms with E-state index >= 15 is 0 Å². The highest BCUT2D eigenvalue weighted by atomic mass is 79.9. The summed E-state index contributed by atoms with van der Waals surface area (Å²) < 4.78 is 20.7. The van der Waals surface area contributed by atoms with Crippen LogP contribution in [0.5, 0.6) is 0 Å². The highest BCUT2D eigenvalue weighted by molar-refractivity contribution is 9.10.